The number of halogens is 2. The van der Waals surface area contributed by atoms with Gasteiger partial charge in [-0.25, -0.2) is 17.2 Å². The zero-order chi connectivity index (χ0) is 15.4. The van der Waals surface area contributed by atoms with Gasteiger partial charge < -0.3 is 5.11 Å². The molecule has 2 saturated carbocycles. The molecule has 21 heavy (non-hydrogen) atoms. The number of carboxylic acid groups (broad SMARTS) is 1. The minimum absolute atomic E-state index is 0.101. The van der Waals surface area contributed by atoms with E-state index in [2.05, 4.69) is 0 Å². The summed E-state index contributed by atoms with van der Waals surface area (Å²) in [5, 5.41) is 8.97. The van der Waals surface area contributed by atoms with Crippen molar-refractivity contribution in [3.05, 3.63) is 0 Å². The number of nitrogens with zero attached hydrogens (tertiary/aromatic N) is 1. The number of fused-ring (bicyclic) bond motifs is 2. The first-order chi connectivity index (χ1) is 9.68. The van der Waals surface area contributed by atoms with E-state index in [0.717, 1.165) is 12.8 Å². The molecule has 3 fully saturated rings. The van der Waals surface area contributed by atoms with Crippen LogP contribution in [-0.2, 0) is 14.8 Å². The molecule has 0 spiro atoms. The van der Waals surface area contributed by atoms with Gasteiger partial charge in [0, 0.05) is 24.9 Å². The Morgan fingerprint density at radius 1 is 1.29 bits per heavy atom. The second-order valence-corrected chi connectivity index (χ2v) is 8.55. The van der Waals surface area contributed by atoms with E-state index in [-0.39, 0.29) is 37.0 Å². The van der Waals surface area contributed by atoms with Gasteiger partial charge in [0.05, 0.1) is 12.2 Å². The Bertz CT molecular complexity index is 542. The van der Waals surface area contributed by atoms with Crippen molar-refractivity contribution in [1.29, 1.82) is 0 Å². The SMILES string of the molecule is O=C(O)C[C@@H]1[C@H]2CC[C@H](C2)N1S(=O)(=O)CC1CC(F)(F)C1. The molecule has 3 rings (SSSR count). The van der Waals surface area contributed by atoms with E-state index in [9.17, 15) is 22.0 Å². The summed E-state index contributed by atoms with van der Waals surface area (Å²) < 4.78 is 52.1. The Hall–Kier alpha value is -0.760. The molecule has 0 unspecified atom stereocenters. The number of aliphatic carboxylic acids is 1. The van der Waals surface area contributed by atoms with Crippen LogP contribution in [0.15, 0.2) is 0 Å². The van der Waals surface area contributed by atoms with Gasteiger partial charge in [-0.15, -0.1) is 0 Å². The highest BCUT2D eigenvalue weighted by Gasteiger charge is 2.54. The maximum Gasteiger partial charge on any atom is 0.304 e. The average Bonchev–Trinajstić information content (AvgIpc) is 2.85. The summed E-state index contributed by atoms with van der Waals surface area (Å²) in [6.07, 6.45) is 1.37. The molecular weight excluding hydrogens is 304 g/mol. The van der Waals surface area contributed by atoms with Crippen LogP contribution in [0.1, 0.15) is 38.5 Å². The third-order valence-corrected chi connectivity index (χ3v) is 7.11. The van der Waals surface area contributed by atoms with Crippen molar-refractivity contribution in [2.24, 2.45) is 11.8 Å². The molecule has 120 valence electrons. The molecule has 0 radical (unpaired) electrons. The lowest BCUT2D eigenvalue weighted by atomic mass is 9.83. The molecule has 0 aromatic carbocycles. The molecule has 3 atom stereocenters. The normalized spacial score (nSPS) is 35.8. The maximum atomic E-state index is 12.9. The molecule has 3 aliphatic rings. The van der Waals surface area contributed by atoms with Gasteiger partial charge in [0.15, 0.2) is 0 Å². The lowest BCUT2D eigenvalue weighted by Gasteiger charge is -2.38. The summed E-state index contributed by atoms with van der Waals surface area (Å²) in [6.45, 7) is 0. The minimum atomic E-state index is -3.66. The Labute approximate surface area is 122 Å². The number of carbonyl (C=O) groups is 1. The van der Waals surface area contributed by atoms with Crippen molar-refractivity contribution in [3.63, 3.8) is 0 Å². The lowest BCUT2D eigenvalue weighted by molar-refractivity contribution is -0.138. The summed E-state index contributed by atoms with van der Waals surface area (Å²) in [7, 11) is -3.66. The Balaban J connectivity index is 1.72. The predicted octanol–water partition coefficient (Wildman–Crippen LogP) is 1.69. The molecule has 1 N–H and O–H groups in total. The van der Waals surface area contributed by atoms with Crippen molar-refractivity contribution in [2.45, 2.75) is 56.5 Å². The van der Waals surface area contributed by atoms with Crippen molar-refractivity contribution < 1.29 is 27.1 Å². The summed E-state index contributed by atoms with van der Waals surface area (Å²) in [6, 6.07) is -0.628. The number of carboxylic acids is 1. The third kappa shape index (κ3) is 2.79. The van der Waals surface area contributed by atoms with Crippen LogP contribution >= 0.6 is 0 Å². The molecule has 1 aliphatic heterocycles. The summed E-state index contributed by atoms with van der Waals surface area (Å²) in [5.74, 6) is -4.42. The van der Waals surface area contributed by atoms with Crippen LogP contribution in [0.2, 0.25) is 0 Å². The van der Waals surface area contributed by atoms with Gasteiger partial charge >= 0.3 is 5.97 Å². The topological polar surface area (TPSA) is 74.7 Å². The molecular formula is C13H19F2NO4S. The number of rotatable bonds is 5. The molecule has 0 amide bonds. The molecule has 2 bridgehead atoms. The van der Waals surface area contributed by atoms with E-state index in [4.69, 9.17) is 5.11 Å². The maximum absolute atomic E-state index is 12.9. The van der Waals surface area contributed by atoms with Crippen LogP contribution in [-0.4, -0.2) is 47.6 Å². The van der Waals surface area contributed by atoms with Gasteiger partial charge in [0.25, 0.3) is 0 Å². The largest absolute Gasteiger partial charge is 0.481 e. The predicted molar refractivity (Wildman–Crippen MR) is 70.5 cm³/mol. The highest BCUT2D eigenvalue weighted by Crippen LogP contribution is 2.47. The van der Waals surface area contributed by atoms with Crippen molar-refractivity contribution in [3.8, 4) is 0 Å². The third-order valence-electron chi connectivity index (χ3n) is 5.00. The smallest absolute Gasteiger partial charge is 0.304 e. The van der Waals surface area contributed by atoms with Crippen LogP contribution in [0.4, 0.5) is 8.78 Å². The van der Waals surface area contributed by atoms with Gasteiger partial charge in [-0.2, -0.15) is 4.31 Å². The standard InChI is InChI=1S/C13H19F2NO4S/c14-13(15)5-8(6-13)7-21(19,20)16-10-2-1-9(3-10)11(16)4-12(17)18/h8-11H,1-7H2,(H,17,18)/t9-,10+,11+/m0/s1. The van der Waals surface area contributed by atoms with E-state index in [0.29, 0.717) is 6.42 Å². The van der Waals surface area contributed by atoms with E-state index in [1.54, 1.807) is 0 Å². The summed E-state index contributed by atoms with van der Waals surface area (Å²) in [5.41, 5.74) is 0. The Morgan fingerprint density at radius 3 is 2.52 bits per heavy atom. The zero-order valence-electron chi connectivity index (χ0n) is 11.5. The number of sulfonamides is 1. The molecule has 1 heterocycles. The first kappa shape index (κ1) is 15.1. The van der Waals surface area contributed by atoms with Crippen molar-refractivity contribution in [2.75, 3.05) is 5.75 Å². The minimum Gasteiger partial charge on any atom is -0.481 e. The van der Waals surface area contributed by atoms with Crippen LogP contribution in [0.5, 0.6) is 0 Å². The van der Waals surface area contributed by atoms with Crippen LogP contribution in [0.3, 0.4) is 0 Å². The monoisotopic (exact) mass is 323 g/mol. The van der Waals surface area contributed by atoms with Crippen LogP contribution in [0.25, 0.3) is 0 Å². The second kappa shape index (κ2) is 4.87. The number of piperidine rings is 1. The fraction of sp³-hybridized carbons (Fsp3) is 0.923. The fourth-order valence-electron chi connectivity index (χ4n) is 4.21. The summed E-state index contributed by atoms with van der Waals surface area (Å²) >= 11 is 0. The van der Waals surface area contributed by atoms with Crippen molar-refractivity contribution >= 4 is 16.0 Å². The second-order valence-electron chi connectivity index (χ2n) is 6.63. The van der Waals surface area contributed by atoms with E-state index in [1.165, 1.54) is 4.31 Å². The van der Waals surface area contributed by atoms with E-state index < -0.39 is 33.9 Å². The molecule has 5 nitrogen and oxygen atoms in total. The lowest BCUT2D eigenvalue weighted by Crippen LogP contribution is -2.49. The molecule has 8 heteroatoms. The zero-order valence-corrected chi connectivity index (χ0v) is 12.4. The van der Waals surface area contributed by atoms with Crippen molar-refractivity contribution in [1.82, 2.24) is 4.31 Å². The summed E-state index contributed by atoms with van der Waals surface area (Å²) in [4.78, 5) is 11.0. The van der Waals surface area contributed by atoms with Gasteiger partial charge in [0.2, 0.25) is 15.9 Å². The molecule has 1 saturated heterocycles. The van der Waals surface area contributed by atoms with Gasteiger partial charge in [-0.3, -0.25) is 4.79 Å². The quantitative estimate of drug-likeness (QED) is 0.835. The van der Waals surface area contributed by atoms with Gasteiger partial charge in [-0.1, -0.05) is 0 Å². The Kier molecular flexibility index (Phi) is 3.52. The van der Waals surface area contributed by atoms with Crippen LogP contribution < -0.4 is 0 Å². The molecule has 0 aromatic heterocycles. The highest BCUT2D eigenvalue weighted by atomic mass is 32.2. The molecule has 2 aliphatic carbocycles. The molecule has 0 aromatic rings. The first-order valence-corrected chi connectivity index (χ1v) is 8.90. The fourth-order valence-corrected chi connectivity index (χ4v) is 6.51. The number of hydrogen-bond donors (Lipinski definition) is 1. The number of hydrogen-bond acceptors (Lipinski definition) is 3. The van der Waals surface area contributed by atoms with E-state index in [1.807, 2.05) is 0 Å². The van der Waals surface area contributed by atoms with E-state index >= 15 is 0 Å². The number of alkyl halides is 2. The van der Waals surface area contributed by atoms with Gasteiger partial charge in [-0.05, 0) is 31.1 Å². The van der Waals surface area contributed by atoms with Crippen LogP contribution in [0, 0.1) is 11.8 Å². The van der Waals surface area contributed by atoms with Gasteiger partial charge in [0.1, 0.15) is 0 Å². The highest BCUT2D eigenvalue weighted by molar-refractivity contribution is 7.89. The average molecular weight is 323 g/mol. The first-order valence-electron chi connectivity index (χ1n) is 7.29. The Morgan fingerprint density at radius 2 is 1.95 bits per heavy atom.